The highest BCUT2D eigenvalue weighted by Crippen LogP contribution is 2.35. The van der Waals surface area contributed by atoms with Crippen LogP contribution in [-0.4, -0.2) is 62.7 Å². The van der Waals surface area contributed by atoms with Gasteiger partial charge in [-0.2, -0.15) is 4.99 Å². The highest BCUT2D eigenvalue weighted by Gasteiger charge is 2.41. The van der Waals surface area contributed by atoms with Crippen molar-refractivity contribution in [2.45, 2.75) is 82.2 Å². The molecule has 0 bridgehead atoms. The fraction of sp³-hybridized carbons (Fsp3) is 0.750. The van der Waals surface area contributed by atoms with Crippen LogP contribution < -0.4 is 21.5 Å². The van der Waals surface area contributed by atoms with Crippen LogP contribution in [0.2, 0.25) is 0 Å². The summed E-state index contributed by atoms with van der Waals surface area (Å²) in [5.41, 5.74) is 10.5. The number of hydrogen-bond donors (Lipinski definition) is 4. The van der Waals surface area contributed by atoms with Gasteiger partial charge in [0.05, 0.1) is 11.4 Å². The molecule has 2 atom stereocenters. The van der Waals surface area contributed by atoms with Gasteiger partial charge in [0.2, 0.25) is 10.0 Å². The van der Waals surface area contributed by atoms with Crippen molar-refractivity contribution in [1.82, 2.24) is 10.0 Å². The van der Waals surface area contributed by atoms with Crippen LogP contribution in [0, 0.1) is 5.92 Å². The van der Waals surface area contributed by atoms with Crippen molar-refractivity contribution in [1.29, 1.82) is 0 Å². The van der Waals surface area contributed by atoms with Crippen LogP contribution in [-0.2, 0) is 19.6 Å². The number of carbonyl (C=O) groups is 2. The third kappa shape index (κ3) is 7.91. The first-order chi connectivity index (χ1) is 15.4. The molecule has 0 aromatic rings. The van der Waals surface area contributed by atoms with E-state index in [1.54, 1.807) is 6.92 Å². The number of alkyl halides is 2. The van der Waals surface area contributed by atoms with Gasteiger partial charge in [0, 0.05) is 12.1 Å². The summed E-state index contributed by atoms with van der Waals surface area (Å²) in [6.45, 7) is 3.44. The first-order valence-corrected chi connectivity index (χ1v) is 12.5. The molecule has 0 aromatic heterocycles. The Morgan fingerprint density at radius 2 is 1.70 bits per heavy atom. The molecule has 0 heterocycles. The van der Waals surface area contributed by atoms with Gasteiger partial charge in [0.15, 0.2) is 5.96 Å². The first kappa shape index (κ1) is 27.0. The third-order valence-electron chi connectivity index (χ3n) is 5.80. The van der Waals surface area contributed by atoms with E-state index in [0.717, 1.165) is 0 Å². The topological polar surface area (TPSA) is 166 Å². The van der Waals surface area contributed by atoms with Crippen molar-refractivity contribution >= 4 is 27.9 Å². The third-order valence-corrected chi connectivity index (χ3v) is 7.62. The quantitative estimate of drug-likeness (QED) is 0.235. The van der Waals surface area contributed by atoms with E-state index >= 15 is 0 Å². The Balaban J connectivity index is 1.89. The molecule has 0 spiro atoms. The number of nitrogens with two attached hydrogens (primary N) is 2. The van der Waals surface area contributed by atoms with E-state index in [4.69, 9.17) is 16.2 Å². The number of nitrogens with one attached hydrogen (secondary N) is 2. The molecule has 0 saturated heterocycles. The Hall–Kier alpha value is -2.28. The Kier molecular flexibility index (Phi) is 9.58. The molecule has 10 nitrogen and oxygen atoms in total. The number of rotatable bonds is 7. The van der Waals surface area contributed by atoms with Crippen molar-refractivity contribution in [3.8, 4) is 0 Å². The Morgan fingerprint density at radius 3 is 2.21 bits per heavy atom. The summed E-state index contributed by atoms with van der Waals surface area (Å²) in [4.78, 5) is 26.7. The second-order valence-corrected chi connectivity index (χ2v) is 10.4. The molecule has 2 saturated carbocycles. The summed E-state index contributed by atoms with van der Waals surface area (Å²) in [5, 5.41) is 1.60. The van der Waals surface area contributed by atoms with Crippen LogP contribution in [0.3, 0.4) is 0 Å². The molecular formula is C20H33F2N5O5S. The number of ether oxygens (including phenoxy) is 1. The molecule has 2 aliphatic carbocycles. The molecule has 2 fully saturated rings. The average molecular weight is 494 g/mol. The van der Waals surface area contributed by atoms with Gasteiger partial charge in [0.1, 0.15) is 18.4 Å². The van der Waals surface area contributed by atoms with Crippen molar-refractivity contribution in [2.75, 3.05) is 6.54 Å². The minimum absolute atomic E-state index is 0.0162. The summed E-state index contributed by atoms with van der Waals surface area (Å²) < 4.78 is 61.8. The number of halogens is 2. The molecule has 0 aromatic carbocycles. The van der Waals surface area contributed by atoms with Gasteiger partial charge in [0.25, 0.3) is 5.91 Å². The Morgan fingerprint density at radius 1 is 1.12 bits per heavy atom. The van der Waals surface area contributed by atoms with Crippen LogP contribution in [0.25, 0.3) is 0 Å². The molecule has 0 aliphatic heterocycles. The van der Waals surface area contributed by atoms with Crippen molar-refractivity contribution in [3.05, 3.63) is 11.6 Å². The number of guanidine groups is 1. The SMILES string of the molecule is CCNC(=O)NS(=O)(=O)C1CCC(OC2C(F)CC(/C=C(\C)C(=O)N=C(N)N)CC2F)CC1. The monoisotopic (exact) mass is 493 g/mol. The van der Waals surface area contributed by atoms with Crippen LogP contribution in [0.15, 0.2) is 16.6 Å². The minimum Gasteiger partial charge on any atom is -0.370 e. The van der Waals surface area contributed by atoms with E-state index < -0.39 is 57.7 Å². The Bertz CT molecular complexity index is 858. The summed E-state index contributed by atoms with van der Waals surface area (Å²) >= 11 is 0. The van der Waals surface area contributed by atoms with Crippen LogP contribution in [0.1, 0.15) is 52.4 Å². The highest BCUT2D eigenvalue weighted by atomic mass is 32.2. The van der Waals surface area contributed by atoms with Gasteiger partial charge in [-0.3, -0.25) is 4.79 Å². The van der Waals surface area contributed by atoms with Crippen LogP contribution in [0.5, 0.6) is 0 Å². The fourth-order valence-corrected chi connectivity index (χ4v) is 5.61. The van der Waals surface area contributed by atoms with Crippen molar-refractivity contribution in [3.63, 3.8) is 0 Å². The van der Waals surface area contributed by atoms with Gasteiger partial charge in [-0.15, -0.1) is 0 Å². The van der Waals surface area contributed by atoms with Crippen molar-refractivity contribution < 1.29 is 31.5 Å². The predicted molar refractivity (Wildman–Crippen MR) is 119 cm³/mol. The lowest BCUT2D eigenvalue weighted by atomic mass is 9.83. The molecule has 33 heavy (non-hydrogen) atoms. The second-order valence-electron chi connectivity index (χ2n) is 8.46. The molecule has 13 heteroatoms. The molecular weight excluding hydrogens is 460 g/mol. The number of nitrogens with zero attached hydrogens (tertiary/aromatic N) is 1. The maximum Gasteiger partial charge on any atom is 0.328 e. The summed E-state index contributed by atoms with van der Waals surface area (Å²) in [6, 6.07) is -0.780. The normalized spacial score (nSPS) is 30.8. The number of amides is 3. The molecule has 2 aliphatic rings. The molecule has 2 unspecified atom stereocenters. The lowest BCUT2D eigenvalue weighted by molar-refractivity contribution is -0.118. The van der Waals surface area contributed by atoms with Gasteiger partial charge in [-0.1, -0.05) is 6.08 Å². The van der Waals surface area contributed by atoms with E-state index in [0.29, 0.717) is 19.4 Å². The lowest BCUT2D eigenvalue weighted by Gasteiger charge is -2.37. The van der Waals surface area contributed by atoms with E-state index in [2.05, 4.69) is 10.3 Å². The average Bonchev–Trinajstić information content (AvgIpc) is 2.70. The molecule has 0 radical (unpaired) electrons. The molecule has 6 N–H and O–H groups in total. The number of sulfonamides is 1. The lowest BCUT2D eigenvalue weighted by Crippen LogP contribution is -2.47. The van der Waals surface area contributed by atoms with Gasteiger partial charge in [-0.05, 0) is 58.3 Å². The maximum atomic E-state index is 14.8. The largest absolute Gasteiger partial charge is 0.370 e. The number of aliphatic imine (C=N–C) groups is 1. The fourth-order valence-electron chi connectivity index (χ4n) is 4.22. The minimum atomic E-state index is -3.84. The molecule has 188 valence electrons. The zero-order valence-corrected chi connectivity index (χ0v) is 19.6. The van der Waals surface area contributed by atoms with E-state index in [1.807, 2.05) is 4.72 Å². The van der Waals surface area contributed by atoms with E-state index in [1.165, 1.54) is 13.0 Å². The maximum absolute atomic E-state index is 14.8. The van der Waals surface area contributed by atoms with Gasteiger partial charge < -0.3 is 21.5 Å². The number of hydrogen-bond acceptors (Lipinski definition) is 5. The number of urea groups is 1. The zero-order valence-electron chi connectivity index (χ0n) is 18.8. The smallest absolute Gasteiger partial charge is 0.328 e. The highest BCUT2D eigenvalue weighted by molar-refractivity contribution is 7.90. The molecule has 3 amide bonds. The van der Waals surface area contributed by atoms with Gasteiger partial charge >= 0.3 is 6.03 Å². The van der Waals surface area contributed by atoms with E-state index in [9.17, 15) is 26.8 Å². The zero-order chi connectivity index (χ0) is 24.8. The predicted octanol–water partition coefficient (Wildman–Crippen LogP) is 1.16. The van der Waals surface area contributed by atoms with Crippen LogP contribution in [0.4, 0.5) is 13.6 Å². The Labute approximate surface area is 192 Å². The number of allylic oxidation sites excluding steroid dienone is 1. The summed E-state index contributed by atoms with van der Waals surface area (Å²) in [5.74, 6) is -1.55. The standard InChI is InChI=1S/C20H33F2N5O5S/c1-3-25-20(29)27-33(30,31)14-6-4-13(5-7-14)32-17-15(21)9-12(10-16(17)22)8-11(2)18(28)26-19(23)24/h8,12-17H,3-7,9-10H2,1-2H3,(H2,25,27,29)(H4,23,24,26,28)/b11-8+. The summed E-state index contributed by atoms with van der Waals surface area (Å²) in [6.07, 6.45) is -2.39. The second kappa shape index (κ2) is 11.7. The van der Waals surface area contributed by atoms with Crippen LogP contribution >= 0.6 is 0 Å². The first-order valence-electron chi connectivity index (χ1n) is 11.0. The number of carbonyl (C=O) groups excluding carboxylic acids is 2. The van der Waals surface area contributed by atoms with Crippen molar-refractivity contribution in [2.24, 2.45) is 22.4 Å². The van der Waals surface area contributed by atoms with E-state index in [-0.39, 0.29) is 37.2 Å². The summed E-state index contributed by atoms with van der Waals surface area (Å²) in [7, 11) is -3.84. The molecule has 2 rings (SSSR count). The van der Waals surface area contributed by atoms with Gasteiger partial charge in [-0.25, -0.2) is 26.7 Å².